The fourth-order valence-electron chi connectivity index (χ4n) is 3.23. The smallest absolute Gasteiger partial charge is 0.341 e. The first-order chi connectivity index (χ1) is 13.6. The van der Waals surface area contributed by atoms with Crippen molar-refractivity contribution in [3.63, 3.8) is 0 Å². The number of aromatic nitrogens is 1. The van der Waals surface area contributed by atoms with Gasteiger partial charge in [-0.2, -0.15) is 0 Å². The van der Waals surface area contributed by atoms with Gasteiger partial charge < -0.3 is 14.5 Å². The van der Waals surface area contributed by atoms with E-state index in [4.69, 9.17) is 4.42 Å². The summed E-state index contributed by atoms with van der Waals surface area (Å²) < 4.78 is 9.79. The van der Waals surface area contributed by atoms with Crippen molar-refractivity contribution >= 4 is 34.0 Å². The first kappa shape index (κ1) is 18.1. The standard InChI is InChI=1S/C20H16N2O5S/c1-26-20(25)12-9-14(27-10-12)18(24)22-19-16(13-3-2-4-15(13)28-19)17(23)11-5-7-21-8-6-11/h5-10H,2-4H2,1H3,(H,22,24). The van der Waals surface area contributed by atoms with Crippen LogP contribution in [-0.2, 0) is 17.6 Å². The third kappa shape index (κ3) is 3.22. The molecule has 4 rings (SSSR count). The topological polar surface area (TPSA) is 98.5 Å². The Labute approximate surface area is 164 Å². The molecule has 0 radical (unpaired) electrons. The molecule has 8 heteroatoms. The van der Waals surface area contributed by atoms with Crippen molar-refractivity contribution in [2.45, 2.75) is 19.3 Å². The van der Waals surface area contributed by atoms with Gasteiger partial charge >= 0.3 is 5.97 Å². The molecule has 3 aromatic heterocycles. The van der Waals surface area contributed by atoms with Crippen LogP contribution in [-0.4, -0.2) is 29.8 Å². The average Bonchev–Trinajstić information content (AvgIpc) is 3.43. The number of methoxy groups -OCH3 is 1. The van der Waals surface area contributed by atoms with Gasteiger partial charge in [-0.25, -0.2) is 4.79 Å². The minimum atomic E-state index is -0.591. The lowest BCUT2D eigenvalue weighted by molar-refractivity contribution is 0.0599. The fourth-order valence-corrected chi connectivity index (χ4v) is 4.51. The molecular formula is C20H16N2O5S. The zero-order valence-electron chi connectivity index (χ0n) is 15.0. The van der Waals surface area contributed by atoms with Crippen LogP contribution in [0.5, 0.6) is 0 Å². The van der Waals surface area contributed by atoms with Crippen molar-refractivity contribution in [2.24, 2.45) is 0 Å². The van der Waals surface area contributed by atoms with Crippen LogP contribution in [0, 0.1) is 0 Å². The van der Waals surface area contributed by atoms with Gasteiger partial charge in [-0.05, 0) is 37.0 Å². The molecule has 1 aliphatic carbocycles. The van der Waals surface area contributed by atoms with Crippen molar-refractivity contribution < 1.29 is 23.5 Å². The van der Waals surface area contributed by atoms with Crippen LogP contribution in [0.1, 0.15) is 53.7 Å². The third-order valence-corrected chi connectivity index (χ3v) is 5.77. The Morgan fingerprint density at radius 1 is 1.18 bits per heavy atom. The Balaban J connectivity index is 1.65. The van der Waals surface area contributed by atoms with Crippen LogP contribution >= 0.6 is 11.3 Å². The number of furan rings is 1. The molecule has 0 aliphatic heterocycles. The monoisotopic (exact) mass is 396 g/mol. The molecule has 0 spiro atoms. The quantitative estimate of drug-likeness (QED) is 0.524. The number of esters is 1. The molecule has 142 valence electrons. The molecule has 1 amide bonds. The maximum Gasteiger partial charge on any atom is 0.341 e. The Hall–Kier alpha value is -3.26. The largest absolute Gasteiger partial charge is 0.465 e. The van der Waals surface area contributed by atoms with E-state index in [0.717, 1.165) is 36.0 Å². The highest BCUT2D eigenvalue weighted by atomic mass is 32.1. The van der Waals surface area contributed by atoms with Crippen molar-refractivity contribution in [3.05, 3.63) is 69.7 Å². The van der Waals surface area contributed by atoms with Gasteiger partial charge in [0.15, 0.2) is 11.5 Å². The van der Waals surface area contributed by atoms with E-state index in [1.54, 1.807) is 24.5 Å². The molecule has 0 bridgehead atoms. The number of amides is 1. The van der Waals surface area contributed by atoms with Gasteiger partial charge in [0.2, 0.25) is 0 Å². The summed E-state index contributed by atoms with van der Waals surface area (Å²) in [4.78, 5) is 42.3. The van der Waals surface area contributed by atoms with Gasteiger partial charge in [-0.1, -0.05) is 0 Å². The van der Waals surface area contributed by atoms with E-state index in [2.05, 4.69) is 15.0 Å². The Kier molecular flexibility index (Phi) is 4.79. The number of pyridine rings is 1. The first-order valence-electron chi connectivity index (χ1n) is 8.66. The fraction of sp³-hybridized carbons (Fsp3) is 0.200. The normalized spacial score (nSPS) is 12.5. The molecule has 3 aromatic rings. The summed E-state index contributed by atoms with van der Waals surface area (Å²) in [5.41, 5.74) is 2.19. The highest BCUT2D eigenvalue weighted by molar-refractivity contribution is 7.17. The second-order valence-corrected chi connectivity index (χ2v) is 7.38. The molecule has 0 atom stereocenters. The van der Waals surface area contributed by atoms with E-state index in [9.17, 15) is 14.4 Å². The predicted octanol–water partition coefficient (Wildman–Crippen LogP) is 3.49. The van der Waals surface area contributed by atoms with E-state index in [1.807, 2.05) is 0 Å². The lowest BCUT2D eigenvalue weighted by Crippen LogP contribution is -2.14. The zero-order valence-corrected chi connectivity index (χ0v) is 15.8. The molecule has 3 heterocycles. The van der Waals surface area contributed by atoms with E-state index in [1.165, 1.54) is 24.5 Å². The maximum atomic E-state index is 13.1. The summed E-state index contributed by atoms with van der Waals surface area (Å²) in [6, 6.07) is 4.62. The van der Waals surface area contributed by atoms with Crippen LogP contribution < -0.4 is 5.32 Å². The average molecular weight is 396 g/mol. The van der Waals surface area contributed by atoms with Crippen molar-refractivity contribution in [1.29, 1.82) is 0 Å². The van der Waals surface area contributed by atoms with Crippen molar-refractivity contribution in [2.75, 3.05) is 12.4 Å². The van der Waals surface area contributed by atoms with E-state index >= 15 is 0 Å². The molecule has 1 aliphatic rings. The number of aryl methyl sites for hydroxylation is 1. The summed E-state index contributed by atoms with van der Waals surface area (Å²) >= 11 is 1.41. The highest BCUT2D eigenvalue weighted by Gasteiger charge is 2.28. The number of nitrogens with one attached hydrogen (secondary N) is 1. The Bertz CT molecular complexity index is 1070. The second kappa shape index (κ2) is 7.40. The zero-order chi connectivity index (χ0) is 19.7. The van der Waals surface area contributed by atoms with Crippen LogP contribution in [0.3, 0.4) is 0 Å². The van der Waals surface area contributed by atoms with Crippen LogP contribution in [0.25, 0.3) is 0 Å². The minimum absolute atomic E-state index is 0.0312. The molecule has 0 saturated carbocycles. The molecule has 0 saturated heterocycles. The second-order valence-electron chi connectivity index (χ2n) is 6.27. The summed E-state index contributed by atoms with van der Waals surface area (Å²) in [5.74, 6) is -1.30. The number of rotatable bonds is 5. The first-order valence-corrected chi connectivity index (χ1v) is 9.47. The van der Waals surface area contributed by atoms with Gasteiger partial charge in [0.25, 0.3) is 5.91 Å². The summed E-state index contributed by atoms with van der Waals surface area (Å²) in [6.07, 6.45) is 6.98. The van der Waals surface area contributed by atoms with E-state index < -0.39 is 11.9 Å². The highest BCUT2D eigenvalue weighted by Crippen LogP contribution is 2.40. The number of hydrogen-bond donors (Lipinski definition) is 1. The van der Waals surface area contributed by atoms with Gasteiger partial charge in [0, 0.05) is 28.9 Å². The Morgan fingerprint density at radius 2 is 1.96 bits per heavy atom. The SMILES string of the molecule is COC(=O)c1coc(C(=O)Nc2sc3c(c2C(=O)c2ccncc2)CCC3)c1. The van der Waals surface area contributed by atoms with Gasteiger partial charge in [-0.15, -0.1) is 11.3 Å². The molecule has 0 fully saturated rings. The molecule has 1 N–H and O–H groups in total. The molecular weight excluding hydrogens is 380 g/mol. The number of fused-ring (bicyclic) bond motifs is 1. The number of ketones is 1. The molecule has 7 nitrogen and oxygen atoms in total. The summed E-state index contributed by atoms with van der Waals surface area (Å²) in [6.45, 7) is 0. The number of ether oxygens (including phenoxy) is 1. The third-order valence-electron chi connectivity index (χ3n) is 4.56. The predicted molar refractivity (Wildman–Crippen MR) is 102 cm³/mol. The minimum Gasteiger partial charge on any atom is -0.465 e. The maximum absolute atomic E-state index is 13.1. The number of carbonyl (C=O) groups excluding carboxylic acids is 3. The van der Waals surface area contributed by atoms with Crippen LogP contribution in [0.4, 0.5) is 5.00 Å². The number of anilines is 1. The van der Waals surface area contributed by atoms with Crippen molar-refractivity contribution in [1.82, 2.24) is 4.98 Å². The van der Waals surface area contributed by atoms with E-state index in [-0.39, 0.29) is 17.1 Å². The van der Waals surface area contributed by atoms with Crippen LogP contribution in [0.2, 0.25) is 0 Å². The molecule has 28 heavy (non-hydrogen) atoms. The van der Waals surface area contributed by atoms with E-state index in [0.29, 0.717) is 16.1 Å². The Morgan fingerprint density at radius 3 is 2.71 bits per heavy atom. The number of hydrogen-bond acceptors (Lipinski definition) is 7. The molecule has 0 aromatic carbocycles. The summed E-state index contributed by atoms with van der Waals surface area (Å²) in [5, 5.41) is 3.27. The van der Waals surface area contributed by atoms with Crippen LogP contribution in [0.15, 0.2) is 41.3 Å². The lowest BCUT2D eigenvalue weighted by atomic mass is 10.0. The number of carbonyl (C=O) groups is 3. The molecule has 0 unspecified atom stereocenters. The van der Waals surface area contributed by atoms with Gasteiger partial charge in [0.1, 0.15) is 11.3 Å². The lowest BCUT2D eigenvalue weighted by Gasteiger charge is -2.07. The van der Waals surface area contributed by atoms with Gasteiger partial charge in [-0.3, -0.25) is 14.6 Å². The summed E-state index contributed by atoms with van der Waals surface area (Å²) in [7, 11) is 1.25. The number of thiophene rings is 1. The van der Waals surface area contributed by atoms with Gasteiger partial charge in [0.05, 0.1) is 18.2 Å². The van der Waals surface area contributed by atoms with Crippen molar-refractivity contribution in [3.8, 4) is 0 Å². The number of nitrogens with zero attached hydrogens (tertiary/aromatic N) is 1.